The van der Waals surface area contributed by atoms with Crippen molar-refractivity contribution < 1.29 is 9.53 Å². The molecule has 0 radical (unpaired) electrons. The Kier molecular flexibility index (Phi) is 5.43. The van der Waals surface area contributed by atoms with Crippen LogP contribution in [0.3, 0.4) is 0 Å². The van der Waals surface area contributed by atoms with Gasteiger partial charge in [-0.3, -0.25) is 9.78 Å². The van der Waals surface area contributed by atoms with Gasteiger partial charge in [-0.2, -0.15) is 0 Å². The normalized spacial score (nSPS) is 13.4. The van der Waals surface area contributed by atoms with Crippen LogP contribution in [0, 0.1) is 0 Å². The molecular formula is C16H19N3O2. The molecule has 2 atom stereocenters. The van der Waals surface area contributed by atoms with Crippen molar-refractivity contribution in [3.05, 3.63) is 66.0 Å². The van der Waals surface area contributed by atoms with E-state index in [1.165, 1.54) is 7.11 Å². The number of benzene rings is 1. The molecule has 1 heterocycles. The molecule has 1 aromatic heterocycles. The average Bonchev–Trinajstić information content (AvgIpc) is 2.54. The predicted molar refractivity (Wildman–Crippen MR) is 80.5 cm³/mol. The highest BCUT2D eigenvalue weighted by molar-refractivity contribution is 5.82. The van der Waals surface area contributed by atoms with E-state index in [1.807, 2.05) is 42.5 Å². The van der Waals surface area contributed by atoms with E-state index in [9.17, 15) is 4.79 Å². The lowest BCUT2D eigenvalue weighted by Gasteiger charge is -2.21. The van der Waals surface area contributed by atoms with Gasteiger partial charge >= 0.3 is 0 Å². The van der Waals surface area contributed by atoms with Gasteiger partial charge in [0.15, 0.2) is 0 Å². The highest BCUT2D eigenvalue weighted by atomic mass is 16.5. The third-order valence-corrected chi connectivity index (χ3v) is 3.14. The molecule has 0 aliphatic heterocycles. The standard InChI is InChI=1S/C16H19N3O2/c1-21-11-14(17)16(20)19-15(12-5-3-2-4-6-12)13-7-9-18-10-8-13/h2-10,14-15H,11,17H2,1H3,(H,19,20). The molecule has 0 saturated carbocycles. The Hall–Kier alpha value is -2.24. The van der Waals surface area contributed by atoms with Crippen LogP contribution in [0.1, 0.15) is 17.2 Å². The summed E-state index contributed by atoms with van der Waals surface area (Å²) in [4.78, 5) is 16.2. The fourth-order valence-electron chi connectivity index (χ4n) is 2.07. The van der Waals surface area contributed by atoms with Gasteiger partial charge in [-0.15, -0.1) is 0 Å². The summed E-state index contributed by atoms with van der Waals surface area (Å²) in [6, 6.07) is 12.5. The van der Waals surface area contributed by atoms with Crippen molar-refractivity contribution >= 4 is 5.91 Å². The van der Waals surface area contributed by atoms with Gasteiger partial charge in [0.05, 0.1) is 12.6 Å². The van der Waals surface area contributed by atoms with Gasteiger partial charge in [-0.25, -0.2) is 0 Å². The zero-order chi connectivity index (χ0) is 15.1. The number of rotatable bonds is 6. The molecule has 2 aromatic rings. The SMILES string of the molecule is COCC(N)C(=O)NC(c1ccccc1)c1ccncc1. The van der Waals surface area contributed by atoms with Gasteiger partial charge in [0.2, 0.25) is 5.91 Å². The number of ether oxygens (including phenoxy) is 1. The van der Waals surface area contributed by atoms with Crippen LogP contribution in [0.4, 0.5) is 0 Å². The summed E-state index contributed by atoms with van der Waals surface area (Å²) >= 11 is 0. The topological polar surface area (TPSA) is 77.2 Å². The number of nitrogens with one attached hydrogen (secondary N) is 1. The molecule has 2 unspecified atom stereocenters. The second-order valence-electron chi connectivity index (χ2n) is 4.69. The summed E-state index contributed by atoms with van der Waals surface area (Å²) in [5, 5.41) is 2.96. The number of nitrogens with two attached hydrogens (primary N) is 1. The maximum Gasteiger partial charge on any atom is 0.240 e. The van der Waals surface area contributed by atoms with Gasteiger partial charge in [0.25, 0.3) is 0 Å². The van der Waals surface area contributed by atoms with Crippen LogP contribution in [0.2, 0.25) is 0 Å². The highest BCUT2D eigenvalue weighted by Crippen LogP contribution is 2.21. The van der Waals surface area contributed by atoms with Gasteiger partial charge in [-0.1, -0.05) is 30.3 Å². The lowest BCUT2D eigenvalue weighted by atomic mass is 9.99. The van der Waals surface area contributed by atoms with E-state index in [1.54, 1.807) is 12.4 Å². The lowest BCUT2D eigenvalue weighted by Crippen LogP contribution is -2.45. The maximum atomic E-state index is 12.2. The second kappa shape index (κ2) is 7.52. The molecule has 5 heteroatoms. The third-order valence-electron chi connectivity index (χ3n) is 3.14. The van der Waals surface area contributed by atoms with Crippen LogP contribution in [0.5, 0.6) is 0 Å². The predicted octanol–water partition coefficient (Wildman–Crippen LogP) is 1.26. The summed E-state index contributed by atoms with van der Waals surface area (Å²) in [6.45, 7) is 0.184. The molecule has 0 fully saturated rings. The van der Waals surface area contributed by atoms with Crippen molar-refractivity contribution in [3.63, 3.8) is 0 Å². The first-order chi connectivity index (χ1) is 10.2. The molecule has 0 bridgehead atoms. The number of nitrogens with zero attached hydrogens (tertiary/aromatic N) is 1. The Labute approximate surface area is 124 Å². The Morgan fingerprint density at radius 2 is 1.81 bits per heavy atom. The van der Waals surface area contributed by atoms with Crippen molar-refractivity contribution in [2.75, 3.05) is 13.7 Å². The fourth-order valence-corrected chi connectivity index (χ4v) is 2.07. The molecule has 0 aliphatic carbocycles. The van der Waals surface area contributed by atoms with Crippen molar-refractivity contribution in [2.45, 2.75) is 12.1 Å². The zero-order valence-electron chi connectivity index (χ0n) is 11.9. The molecule has 1 amide bonds. The Balaban J connectivity index is 2.23. The maximum absolute atomic E-state index is 12.2. The summed E-state index contributed by atoms with van der Waals surface area (Å²) < 4.78 is 4.92. The minimum Gasteiger partial charge on any atom is -0.383 e. The summed E-state index contributed by atoms with van der Waals surface area (Å²) in [6.07, 6.45) is 3.40. The lowest BCUT2D eigenvalue weighted by molar-refractivity contribution is -0.123. The molecular weight excluding hydrogens is 266 g/mol. The Bertz CT molecular complexity index is 521. The average molecular weight is 285 g/mol. The molecule has 0 spiro atoms. The molecule has 2 rings (SSSR count). The minimum absolute atomic E-state index is 0.184. The molecule has 1 aromatic carbocycles. The number of hydrogen-bond donors (Lipinski definition) is 2. The van der Waals surface area contributed by atoms with Gasteiger partial charge in [0.1, 0.15) is 6.04 Å². The van der Waals surface area contributed by atoms with Gasteiger partial charge in [0, 0.05) is 19.5 Å². The molecule has 110 valence electrons. The van der Waals surface area contributed by atoms with Crippen LogP contribution in [-0.4, -0.2) is 30.6 Å². The Morgan fingerprint density at radius 1 is 1.19 bits per heavy atom. The molecule has 5 nitrogen and oxygen atoms in total. The number of carbonyl (C=O) groups is 1. The van der Waals surface area contributed by atoms with E-state index in [2.05, 4.69) is 10.3 Å². The first-order valence-corrected chi connectivity index (χ1v) is 6.72. The van der Waals surface area contributed by atoms with E-state index >= 15 is 0 Å². The van der Waals surface area contributed by atoms with Crippen LogP contribution in [-0.2, 0) is 9.53 Å². The third kappa shape index (κ3) is 4.11. The van der Waals surface area contributed by atoms with Crippen LogP contribution in [0.25, 0.3) is 0 Å². The smallest absolute Gasteiger partial charge is 0.240 e. The molecule has 3 N–H and O–H groups in total. The van der Waals surface area contributed by atoms with Crippen LogP contribution < -0.4 is 11.1 Å². The summed E-state index contributed by atoms with van der Waals surface area (Å²) in [5.41, 5.74) is 7.72. The number of amides is 1. The second-order valence-corrected chi connectivity index (χ2v) is 4.69. The van der Waals surface area contributed by atoms with E-state index in [4.69, 9.17) is 10.5 Å². The number of methoxy groups -OCH3 is 1. The van der Waals surface area contributed by atoms with Crippen molar-refractivity contribution in [1.29, 1.82) is 0 Å². The zero-order valence-corrected chi connectivity index (χ0v) is 11.9. The number of carbonyl (C=O) groups excluding carboxylic acids is 1. The highest BCUT2D eigenvalue weighted by Gasteiger charge is 2.20. The number of hydrogen-bond acceptors (Lipinski definition) is 4. The van der Waals surface area contributed by atoms with E-state index in [0.717, 1.165) is 11.1 Å². The molecule has 0 saturated heterocycles. The van der Waals surface area contributed by atoms with Crippen molar-refractivity contribution in [3.8, 4) is 0 Å². The minimum atomic E-state index is -0.692. The first-order valence-electron chi connectivity index (χ1n) is 6.72. The monoisotopic (exact) mass is 285 g/mol. The van der Waals surface area contributed by atoms with Gasteiger partial charge in [-0.05, 0) is 23.3 Å². The molecule has 0 aliphatic rings. The Morgan fingerprint density at radius 3 is 2.43 bits per heavy atom. The van der Waals surface area contributed by atoms with E-state index < -0.39 is 6.04 Å². The first kappa shape index (κ1) is 15.2. The number of aromatic nitrogens is 1. The van der Waals surface area contributed by atoms with Crippen LogP contribution >= 0.6 is 0 Å². The van der Waals surface area contributed by atoms with Gasteiger partial charge < -0.3 is 15.8 Å². The largest absolute Gasteiger partial charge is 0.383 e. The number of pyridine rings is 1. The van der Waals surface area contributed by atoms with E-state index in [0.29, 0.717) is 0 Å². The summed E-state index contributed by atoms with van der Waals surface area (Å²) in [5.74, 6) is -0.248. The van der Waals surface area contributed by atoms with Crippen molar-refractivity contribution in [1.82, 2.24) is 10.3 Å². The van der Waals surface area contributed by atoms with E-state index in [-0.39, 0.29) is 18.6 Å². The van der Waals surface area contributed by atoms with Crippen LogP contribution in [0.15, 0.2) is 54.9 Å². The van der Waals surface area contributed by atoms with Crippen molar-refractivity contribution in [2.24, 2.45) is 5.73 Å². The quantitative estimate of drug-likeness (QED) is 0.837. The molecule has 21 heavy (non-hydrogen) atoms. The summed E-state index contributed by atoms with van der Waals surface area (Å²) in [7, 11) is 1.52. The fraction of sp³-hybridized carbons (Fsp3) is 0.250.